The van der Waals surface area contributed by atoms with E-state index in [1.54, 1.807) is 30.3 Å². The van der Waals surface area contributed by atoms with Crippen molar-refractivity contribution in [3.8, 4) is 0 Å². The van der Waals surface area contributed by atoms with Gasteiger partial charge < -0.3 is 10.6 Å². The molecule has 1 aromatic carbocycles. The number of para-hydroxylation sites is 1. The SMILES string of the molecule is C=CCNC(=O)c1ccccc1N(F)CC1=NCCN1. The molecule has 1 aliphatic rings. The van der Waals surface area contributed by atoms with Crippen LogP contribution in [-0.4, -0.2) is 37.9 Å². The third kappa shape index (κ3) is 3.34. The quantitative estimate of drug-likeness (QED) is 0.608. The monoisotopic (exact) mass is 276 g/mol. The molecule has 0 saturated carbocycles. The molecule has 6 heteroatoms. The van der Waals surface area contributed by atoms with Gasteiger partial charge >= 0.3 is 0 Å². The van der Waals surface area contributed by atoms with Crippen molar-refractivity contribution in [3.63, 3.8) is 0 Å². The first-order valence-electron chi connectivity index (χ1n) is 6.41. The lowest BCUT2D eigenvalue weighted by molar-refractivity contribution is 0.0958. The molecule has 106 valence electrons. The van der Waals surface area contributed by atoms with Crippen molar-refractivity contribution in [3.05, 3.63) is 42.5 Å². The second-order valence-corrected chi connectivity index (χ2v) is 4.29. The van der Waals surface area contributed by atoms with Crippen molar-refractivity contribution in [1.29, 1.82) is 0 Å². The van der Waals surface area contributed by atoms with Crippen molar-refractivity contribution in [1.82, 2.24) is 10.6 Å². The Morgan fingerprint density at radius 1 is 1.55 bits per heavy atom. The largest absolute Gasteiger partial charge is 0.370 e. The molecule has 5 nitrogen and oxygen atoms in total. The number of amidine groups is 1. The van der Waals surface area contributed by atoms with Crippen molar-refractivity contribution in [2.24, 2.45) is 4.99 Å². The van der Waals surface area contributed by atoms with Crippen LogP contribution in [-0.2, 0) is 0 Å². The summed E-state index contributed by atoms with van der Waals surface area (Å²) in [6.45, 7) is 5.26. The standard InChI is InChI=1S/C14H17FN4O/c1-2-7-18-14(20)11-5-3-4-6-12(11)19(15)10-13-16-8-9-17-13/h2-6H,1,7-10H2,(H,16,17)(H,18,20). The topological polar surface area (TPSA) is 56.7 Å². The number of carbonyl (C=O) groups is 1. The molecule has 0 bridgehead atoms. The number of nitrogens with one attached hydrogen (secondary N) is 2. The molecule has 2 rings (SSSR count). The number of benzene rings is 1. The number of carbonyl (C=O) groups excluding carboxylic acids is 1. The van der Waals surface area contributed by atoms with Gasteiger partial charge in [0.1, 0.15) is 12.4 Å². The molecule has 0 radical (unpaired) electrons. The molecule has 0 aliphatic carbocycles. The third-order valence-corrected chi connectivity index (χ3v) is 2.85. The highest BCUT2D eigenvalue weighted by Crippen LogP contribution is 2.20. The number of hydrogen-bond acceptors (Lipinski definition) is 4. The summed E-state index contributed by atoms with van der Waals surface area (Å²) in [7, 11) is 0. The average Bonchev–Trinajstić information content (AvgIpc) is 2.97. The summed E-state index contributed by atoms with van der Waals surface area (Å²) >= 11 is 0. The van der Waals surface area contributed by atoms with Crippen molar-refractivity contribution >= 4 is 17.4 Å². The van der Waals surface area contributed by atoms with Gasteiger partial charge in [-0.15, -0.1) is 6.58 Å². The van der Waals surface area contributed by atoms with Gasteiger partial charge in [-0.25, -0.2) is 5.12 Å². The van der Waals surface area contributed by atoms with Gasteiger partial charge in [0.15, 0.2) is 0 Å². The lowest BCUT2D eigenvalue weighted by Gasteiger charge is -2.17. The van der Waals surface area contributed by atoms with Crippen LogP contribution >= 0.6 is 0 Å². The maximum atomic E-state index is 14.2. The Morgan fingerprint density at radius 3 is 3.05 bits per heavy atom. The molecule has 1 aromatic rings. The Hall–Kier alpha value is -2.37. The fraction of sp³-hybridized carbons (Fsp3) is 0.286. The first-order chi connectivity index (χ1) is 9.72. The number of aliphatic imine (C=N–C) groups is 1. The van der Waals surface area contributed by atoms with E-state index < -0.39 is 0 Å². The minimum Gasteiger partial charge on any atom is -0.370 e. The zero-order chi connectivity index (χ0) is 14.4. The molecule has 1 heterocycles. The van der Waals surface area contributed by atoms with E-state index in [0.29, 0.717) is 24.0 Å². The Bertz CT molecular complexity index is 530. The molecule has 2 N–H and O–H groups in total. The second-order valence-electron chi connectivity index (χ2n) is 4.29. The molecule has 0 spiro atoms. The van der Waals surface area contributed by atoms with Gasteiger partial charge in [-0.2, -0.15) is 0 Å². The highest BCUT2D eigenvalue weighted by atomic mass is 19.2. The molecule has 0 atom stereocenters. The predicted molar refractivity (Wildman–Crippen MR) is 77.7 cm³/mol. The van der Waals surface area contributed by atoms with E-state index in [0.717, 1.165) is 6.54 Å². The van der Waals surface area contributed by atoms with Crippen LogP contribution in [0.1, 0.15) is 10.4 Å². The summed E-state index contributed by atoms with van der Waals surface area (Å²) in [6.07, 6.45) is 1.57. The summed E-state index contributed by atoms with van der Waals surface area (Å²) in [6, 6.07) is 6.55. The highest BCUT2D eigenvalue weighted by molar-refractivity contribution is 6.00. The number of halogens is 1. The van der Waals surface area contributed by atoms with Gasteiger partial charge in [0, 0.05) is 13.1 Å². The van der Waals surface area contributed by atoms with Crippen molar-refractivity contribution < 1.29 is 9.28 Å². The van der Waals surface area contributed by atoms with Crippen molar-refractivity contribution in [2.75, 3.05) is 31.3 Å². The van der Waals surface area contributed by atoms with E-state index in [2.05, 4.69) is 22.2 Å². The molecular weight excluding hydrogens is 259 g/mol. The van der Waals surface area contributed by atoms with Crippen LogP contribution in [0.5, 0.6) is 0 Å². The van der Waals surface area contributed by atoms with Crippen LogP contribution in [0.15, 0.2) is 41.9 Å². The van der Waals surface area contributed by atoms with E-state index in [9.17, 15) is 9.28 Å². The number of nitrogens with zero attached hydrogens (tertiary/aromatic N) is 2. The van der Waals surface area contributed by atoms with E-state index in [1.807, 2.05) is 0 Å². The molecule has 0 unspecified atom stereocenters. The lowest BCUT2D eigenvalue weighted by Crippen LogP contribution is -2.32. The number of rotatable bonds is 6. The van der Waals surface area contributed by atoms with Gasteiger partial charge in [0.05, 0.1) is 17.8 Å². The zero-order valence-corrected chi connectivity index (χ0v) is 11.1. The first-order valence-corrected chi connectivity index (χ1v) is 6.41. The maximum Gasteiger partial charge on any atom is 0.253 e. The maximum absolute atomic E-state index is 14.2. The normalized spacial score (nSPS) is 13.3. The Balaban J connectivity index is 2.13. The van der Waals surface area contributed by atoms with Crippen LogP contribution in [0.25, 0.3) is 0 Å². The number of anilines is 1. The fourth-order valence-electron chi connectivity index (χ4n) is 1.91. The van der Waals surface area contributed by atoms with E-state index >= 15 is 0 Å². The Morgan fingerprint density at radius 2 is 2.35 bits per heavy atom. The molecule has 20 heavy (non-hydrogen) atoms. The third-order valence-electron chi connectivity index (χ3n) is 2.85. The van der Waals surface area contributed by atoms with Gasteiger partial charge in [0.25, 0.3) is 5.91 Å². The minimum absolute atomic E-state index is 0.00571. The summed E-state index contributed by atoms with van der Waals surface area (Å²) in [5, 5.41) is 6.16. The molecule has 0 aromatic heterocycles. The van der Waals surface area contributed by atoms with Gasteiger partial charge in [-0.05, 0) is 12.1 Å². The summed E-state index contributed by atoms with van der Waals surface area (Å²) in [5.74, 6) is 0.262. The molecule has 1 aliphatic heterocycles. The average molecular weight is 276 g/mol. The smallest absolute Gasteiger partial charge is 0.253 e. The highest BCUT2D eigenvalue weighted by Gasteiger charge is 2.18. The van der Waals surface area contributed by atoms with Crippen LogP contribution in [0.2, 0.25) is 0 Å². The number of hydrogen-bond donors (Lipinski definition) is 2. The van der Waals surface area contributed by atoms with E-state index in [-0.39, 0.29) is 23.7 Å². The van der Waals surface area contributed by atoms with Crippen LogP contribution < -0.4 is 15.8 Å². The molecular formula is C14H17FN4O. The van der Waals surface area contributed by atoms with Gasteiger partial charge in [-0.3, -0.25) is 9.79 Å². The van der Waals surface area contributed by atoms with Crippen LogP contribution in [0, 0.1) is 0 Å². The number of amides is 1. The summed E-state index contributed by atoms with van der Waals surface area (Å²) < 4.78 is 14.2. The predicted octanol–water partition coefficient (Wildman–Crippen LogP) is 1.29. The van der Waals surface area contributed by atoms with Crippen LogP contribution in [0.4, 0.5) is 10.2 Å². The fourth-order valence-corrected chi connectivity index (χ4v) is 1.91. The van der Waals surface area contributed by atoms with Gasteiger partial charge in [-0.1, -0.05) is 22.7 Å². The summed E-state index contributed by atoms with van der Waals surface area (Å²) in [5.41, 5.74) is 0.515. The second kappa shape index (κ2) is 6.70. The lowest BCUT2D eigenvalue weighted by atomic mass is 10.1. The first kappa shape index (κ1) is 14.0. The Kier molecular flexibility index (Phi) is 4.70. The van der Waals surface area contributed by atoms with Crippen LogP contribution in [0.3, 0.4) is 0 Å². The minimum atomic E-state index is -0.329. The van der Waals surface area contributed by atoms with E-state index in [1.165, 1.54) is 0 Å². The zero-order valence-electron chi connectivity index (χ0n) is 11.1. The molecule has 0 saturated heterocycles. The Labute approximate surface area is 117 Å². The molecule has 1 amide bonds. The van der Waals surface area contributed by atoms with Crippen molar-refractivity contribution in [2.45, 2.75) is 0 Å². The van der Waals surface area contributed by atoms with Gasteiger partial charge in [0.2, 0.25) is 0 Å². The summed E-state index contributed by atoms with van der Waals surface area (Å²) in [4.78, 5) is 16.1. The van der Waals surface area contributed by atoms with E-state index in [4.69, 9.17) is 0 Å². The molecule has 0 fully saturated rings.